The van der Waals surface area contributed by atoms with Gasteiger partial charge in [-0.3, -0.25) is 0 Å². The van der Waals surface area contributed by atoms with Gasteiger partial charge in [-0.2, -0.15) is 39.5 Å². The smallest absolute Gasteiger partial charge is 0.376 e. The van der Waals surface area contributed by atoms with Crippen LogP contribution in [0, 0.1) is 11.8 Å². The Morgan fingerprint density at radius 1 is 0.769 bits per heavy atom. The summed E-state index contributed by atoms with van der Waals surface area (Å²) in [4.78, 5) is 0. The lowest BCUT2D eigenvalue weighted by Crippen LogP contribution is -2.60. The molecule has 0 aliphatic carbocycles. The Kier molecular flexibility index (Phi) is 9.22. The van der Waals surface area contributed by atoms with Crippen molar-refractivity contribution in [1.29, 1.82) is 0 Å². The van der Waals surface area contributed by atoms with E-state index in [-0.39, 0.29) is 0 Å². The van der Waals surface area contributed by atoms with E-state index in [1.807, 2.05) is 0 Å². The minimum Gasteiger partial charge on any atom is -0.376 e. The molecule has 0 saturated carbocycles. The van der Waals surface area contributed by atoms with Crippen molar-refractivity contribution in [3.8, 4) is 0 Å². The third-order valence-corrected chi connectivity index (χ3v) is 7.25. The van der Waals surface area contributed by atoms with Crippen LogP contribution in [0.3, 0.4) is 0 Å². The largest absolute Gasteiger partial charge is 0.513 e. The van der Waals surface area contributed by atoms with E-state index in [0.717, 1.165) is 0 Å². The standard InChI is InChI=1S/C12H18ClF9O3Si/c1-23-26(24-2,25-3)9(12(20,21)22)8(11(17,18)19)7(5-4-6-13)10(14,15)16/h7-9H,4-6H2,1-3H3. The van der Waals surface area contributed by atoms with Crippen LogP contribution in [0.1, 0.15) is 12.8 Å². The van der Waals surface area contributed by atoms with Gasteiger partial charge in [-0.1, -0.05) is 0 Å². The molecule has 0 aromatic heterocycles. The lowest BCUT2D eigenvalue weighted by Gasteiger charge is -2.42. The van der Waals surface area contributed by atoms with Gasteiger partial charge in [-0.15, -0.1) is 11.6 Å². The van der Waals surface area contributed by atoms with Gasteiger partial charge in [0.15, 0.2) is 0 Å². The highest BCUT2D eigenvalue weighted by Gasteiger charge is 2.72. The van der Waals surface area contributed by atoms with Crippen LogP contribution in [0.4, 0.5) is 39.5 Å². The van der Waals surface area contributed by atoms with Crippen molar-refractivity contribution in [2.75, 3.05) is 27.2 Å². The molecule has 14 heteroatoms. The van der Waals surface area contributed by atoms with E-state index >= 15 is 0 Å². The average Bonchev–Trinajstić information content (AvgIpc) is 2.47. The van der Waals surface area contributed by atoms with Crippen LogP contribution in [0.25, 0.3) is 0 Å². The fourth-order valence-corrected chi connectivity index (χ4v) is 5.43. The number of hydrogen-bond acceptors (Lipinski definition) is 3. The zero-order valence-electron chi connectivity index (χ0n) is 13.9. The molecule has 0 aliphatic heterocycles. The first kappa shape index (κ1) is 25.8. The van der Waals surface area contributed by atoms with Crippen molar-refractivity contribution in [3.05, 3.63) is 0 Å². The first-order chi connectivity index (χ1) is 11.6. The van der Waals surface area contributed by atoms with E-state index in [9.17, 15) is 39.5 Å². The van der Waals surface area contributed by atoms with Gasteiger partial charge < -0.3 is 13.3 Å². The van der Waals surface area contributed by atoms with Crippen LogP contribution in [0.15, 0.2) is 0 Å². The Balaban J connectivity index is 6.59. The fourth-order valence-electron chi connectivity index (χ4n) is 2.75. The SMILES string of the molecule is CO[Si](OC)(OC)C(C(C(CCCCl)C(F)(F)F)C(F)(F)F)C(F)(F)F. The summed E-state index contributed by atoms with van der Waals surface area (Å²) >= 11 is 5.22. The number of halogens is 10. The van der Waals surface area contributed by atoms with Crippen LogP contribution in [-0.4, -0.2) is 54.5 Å². The first-order valence-corrected chi connectivity index (χ1v) is 9.37. The molecule has 0 saturated heterocycles. The molecule has 3 atom stereocenters. The molecule has 3 unspecified atom stereocenters. The fraction of sp³-hybridized carbons (Fsp3) is 1.00. The van der Waals surface area contributed by atoms with Gasteiger partial charge in [0.1, 0.15) is 5.54 Å². The van der Waals surface area contributed by atoms with Crippen LogP contribution in [-0.2, 0) is 13.3 Å². The van der Waals surface area contributed by atoms with Crippen molar-refractivity contribution < 1.29 is 52.8 Å². The van der Waals surface area contributed by atoms with Crippen LogP contribution < -0.4 is 0 Å². The van der Waals surface area contributed by atoms with E-state index in [1.54, 1.807) is 0 Å². The van der Waals surface area contributed by atoms with E-state index in [2.05, 4.69) is 13.3 Å². The second kappa shape index (κ2) is 9.30. The van der Waals surface area contributed by atoms with Gasteiger partial charge in [-0.05, 0) is 12.8 Å². The molecule has 26 heavy (non-hydrogen) atoms. The Hall–Kier alpha value is -0.243. The predicted octanol–water partition coefficient (Wildman–Crippen LogP) is 5.17. The minimum atomic E-state index is -5.86. The van der Waals surface area contributed by atoms with Gasteiger partial charge in [0.25, 0.3) is 0 Å². The van der Waals surface area contributed by atoms with Crippen LogP contribution in [0.2, 0.25) is 5.54 Å². The maximum absolute atomic E-state index is 13.5. The summed E-state index contributed by atoms with van der Waals surface area (Å²) in [6.07, 6.45) is -19.0. The Labute approximate surface area is 150 Å². The summed E-state index contributed by atoms with van der Waals surface area (Å²) in [5.74, 6) is -7.69. The molecule has 0 fully saturated rings. The van der Waals surface area contributed by atoms with Crippen molar-refractivity contribution >= 4 is 20.4 Å². The average molecular weight is 445 g/mol. The van der Waals surface area contributed by atoms with Gasteiger partial charge in [0, 0.05) is 27.2 Å². The second-order valence-corrected chi connectivity index (χ2v) is 8.71. The zero-order valence-corrected chi connectivity index (χ0v) is 15.6. The van der Waals surface area contributed by atoms with E-state index < -0.39 is 63.4 Å². The molecule has 0 amide bonds. The maximum Gasteiger partial charge on any atom is 0.513 e. The zero-order chi connectivity index (χ0) is 21.0. The van der Waals surface area contributed by atoms with E-state index in [1.165, 1.54) is 0 Å². The third kappa shape index (κ3) is 6.14. The summed E-state index contributed by atoms with van der Waals surface area (Å²) in [6.45, 7) is 0. The Bertz CT molecular complexity index is 415. The normalized spacial score (nSPS) is 17.9. The summed E-state index contributed by atoms with van der Waals surface area (Å²) in [5, 5.41) is 0. The monoisotopic (exact) mass is 444 g/mol. The van der Waals surface area contributed by atoms with Crippen LogP contribution >= 0.6 is 11.6 Å². The molecular weight excluding hydrogens is 427 g/mol. The number of rotatable bonds is 9. The lowest BCUT2D eigenvalue weighted by molar-refractivity contribution is -0.282. The lowest BCUT2D eigenvalue weighted by atomic mass is 9.84. The van der Waals surface area contributed by atoms with Gasteiger partial charge in [0.05, 0.1) is 11.8 Å². The molecule has 3 nitrogen and oxygen atoms in total. The van der Waals surface area contributed by atoms with Crippen LogP contribution in [0.5, 0.6) is 0 Å². The molecule has 0 N–H and O–H groups in total. The minimum absolute atomic E-state index is 0.449. The number of alkyl halides is 10. The summed E-state index contributed by atoms with van der Waals surface area (Å²) in [7, 11) is -3.44. The molecule has 0 aromatic rings. The highest BCUT2D eigenvalue weighted by atomic mass is 35.5. The topological polar surface area (TPSA) is 27.7 Å². The molecule has 0 rings (SSSR count). The maximum atomic E-state index is 13.5. The molecule has 158 valence electrons. The Morgan fingerprint density at radius 2 is 1.19 bits per heavy atom. The van der Waals surface area contributed by atoms with E-state index in [0.29, 0.717) is 21.3 Å². The molecule has 0 bridgehead atoms. The van der Waals surface area contributed by atoms with Crippen molar-refractivity contribution in [1.82, 2.24) is 0 Å². The molecule has 0 heterocycles. The molecule has 0 spiro atoms. The number of hydrogen-bond donors (Lipinski definition) is 0. The highest BCUT2D eigenvalue weighted by Crippen LogP contribution is 2.57. The van der Waals surface area contributed by atoms with Gasteiger partial charge >= 0.3 is 27.3 Å². The molecular formula is C12H18ClF9O3Si. The van der Waals surface area contributed by atoms with E-state index in [4.69, 9.17) is 11.6 Å². The summed E-state index contributed by atoms with van der Waals surface area (Å²) in [5.41, 5.74) is -3.67. The second-order valence-electron chi connectivity index (χ2n) is 5.28. The molecule has 0 radical (unpaired) electrons. The van der Waals surface area contributed by atoms with Crippen molar-refractivity contribution in [3.63, 3.8) is 0 Å². The van der Waals surface area contributed by atoms with Crippen molar-refractivity contribution in [2.45, 2.75) is 36.9 Å². The Morgan fingerprint density at radius 3 is 1.42 bits per heavy atom. The van der Waals surface area contributed by atoms with Crippen molar-refractivity contribution in [2.24, 2.45) is 11.8 Å². The highest BCUT2D eigenvalue weighted by molar-refractivity contribution is 6.62. The first-order valence-electron chi connectivity index (χ1n) is 7.03. The van der Waals surface area contributed by atoms with Gasteiger partial charge in [-0.25, -0.2) is 0 Å². The quantitative estimate of drug-likeness (QED) is 0.279. The molecule has 0 aromatic carbocycles. The molecule has 0 aliphatic rings. The predicted molar refractivity (Wildman–Crippen MR) is 75.6 cm³/mol. The summed E-state index contributed by atoms with van der Waals surface area (Å²) < 4.78 is 134. The third-order valence-electron chi connectivity index (χ3n) is 3.83. The summed E-state index contributed by atoms with van der Waals surface area (Å²) in [6, 6.07) is 0. The van der Waals surface area contributed by atoms with Gasteiger partial charge in [0.2, 0.25) is 0 Å².